The minimum Gasteiger partial charge on any atom is -0.469 e. The highest BCUT2D eigenvalue weighted by Crippen LogP contribution is 2.22. The molecule has 0 saturated heterocycles. The molecule has 0 aliphatic carbocycles. The number of methoxy groups -OCH3 is 1. The molecule has 0 heterocycles. The number of ether oxygens (including phenoxy) is 1. The molecule has 0 unspecified atom stereocenters. The Bertz CT molecular complexity index is 508. The summed E-state index contributed by atoms with van der Waals surface area (Å²) in [7, 11) is 1.29. The van der Waals surface area contributed by atoms with Crippen molar-refractivity contribution < 1.29 is 14.5 Å². The molecule has 1 rings (SSSR count). The summed E-state index contributed by atoms with van der Waals surface area (Å²) in [5.74, 6) is -0.370. The van der Waals surface area contributed by atoms with Crippen molar-refractivity contribution in [3.05, 3.63) is 33.9 Å². The van der Waals surface area contributed by atoms with Crippen LogP contribution in [0, 0.1) is 21.4 Å². The molecule has 1 aromatic rings. The Hall–Kier alpha value is -2.62. The lowest BCUT2D eigenvalue weighted by atomic mass is 10.2. The first kappa shape index (κ1) is 13.4. The first-order valence-corrected chi connectivity index (χ1v) is 5.07. The summed E-state index contributed by atoms with van der Waals surface area (Å²) in [4.78, 5) is 21.0. The van der Waals surface area contributed by atoms with Crippen molar-refractivity contribution in [3.8, 4) is 6.07 Å². The van der Waals surface area contributed by atoms with Crippen LogP contribution in [0.2, 0.25) is 0 Å². The highest BCUT2D eigenvalue weighted by Gasteiger charge is 2.14. The molecule has 0 aliphatic heterocycles. The topological polar surface area (TPSA) is 105 Å². The second kappa shape index (κ2) is 6.20. The first-order valence-electron chi connectivity index (χ1n) is 5.07. The second-order valence-corrected chi connectivity index (χ2v) is 3.35. The van der Waals surface area contributed by atoms with Gasteiger partial charge >= 0.3 is 5.97 Å². The fraction of sp³-hybridized carbons (Fsp3) is 0.273. The van der Waals surface area contributed by atoms with Gasteiger partial charge in [-0.3, -0.25) is 14.9 Å². The monoisotopic (exact) mass is 249 g/mol. The average Bonchev–Trinajstić information content (AvgIpc) is 2.38. The summed E-state index contributed by atoms with van der Waals surface area (Å²) in [6.07, 6.45) is 0.157. The van der Waals surface area contributed by atoms with Crippen molar-refractivity contribution >= 4 is 17.3 Å². The molecule has 7 heteroatoms. The van der Waals surface area contributed by atoms with E-state index in [1.807, 2.05) is 0 Å². The molecule has 0 atom stereocenters. The standard InChI is InChI=1S/C11H11N3O4/c1-18-11(15)4-5-13-9-3-2-8(7-12)10(6-9)14(16)17/h2-3,6,13H,4-5H2,1H3. The number of carbonyl (C=O) groups excluding carboxylic acids is 1. The van der Waals surface area contributed by atoms with Gasteiger partial charge in [-0.15, -0.1) is 0 Å². The van der Waals surface area contributed by atoms with E-state index in [2.05, 4.69) is 10.1 Å². The minimum atomic E-state index is -0.621. The van der Waals surface area contributed by atoms with Crippen molar-refractivity contribution in [1.29, 1.82) is 5.26 Å². The van der Waals surface area contributed by atoms with E-state index in [4.69, 9.17) is 5.26 Å². The third kappa shape index (κ3) is 3.45. The Morgan fingerprint density at radius 2 is 2.33 bits per heavy atom. The largest absolute Gasteiger partial charge is 0.469 e. The molecule has 18 heavy (non-hydrogen) atoms. The lowest BCUT2D eigenvalue weighted by Crippen LogP contribution is -2.09. The molecule has 1 aromatic carbocycles. The predicted octanol–water partition coefficient (Wildman–Crippen LogP) is 1.44. The van der Waals surface area contributed by atoms with E-state index in [0.717, 1.165) is 0 Å². The number of hydrogen-bond donors (Lipinski definition) is 1. The SMILES string of the molecule is COC(=O)CCNc1ccc(C#N)c([N+](=O)[O-])c1. The number of rotatable bonds is 5. The maximum Gasteiger partial charge on any atom is 0.307 e. The van der Waals surface area contributed by atoms with E-state index in [1.165, 1.54) is 19.2 Å². The molecular weight excluding hydrogens is 238 g/mol. The van der Waals surface area contributed by atoms with Crippen LogP contribution in [0.5, 0.6) is 0 Å². The maximum atomic E-state index is 10.9. The van der Waals surface area contributed by atoms with Crippen LogP contribution in [0.4, 0.5) is 11.4 Å². The van der Waals surface area contributed by atoms with Gasteiger partial charge in [0.1, 0.15) is 11.6 Å². The molecule has 94 valence electrons. The molecular formula is C11H11N3O4. The van der Waals surface area contributed by atoms with Crippen LogP contribution in [0.3, 0.4) is 0 Å². The Balaban J connectivity index is 2.74. The van der Waals surface area contributed by atoms with Crippen LogP contribution in [0.1, 0.15) is 12.0 Å². The smallest absolute Gasteiger partial charge is 0.307 e. The third-order valence-corrected chi connectivity index (χ3v) is 2.20. The molecule has 0 aromatic heterocycles. The van der Waals surface area contributed by atoms with Gasteiger partial charge in [0, 0.05) is 18.3 Å². The van der Waals surface area contributed by atoms with Gasteiger partial charge in [-0.05, 0) is 12.1 Å². The van der Waals surface area contributed by atoms with Crippen LogP contribution in [0.25, 0.3) is 0 Å². The minimum absolute atomic E-state index is 0.00137. The molecule has 0 aliphatic rings. The summed E-state index contributed by atoms with van der Waals surface area (Å²) in [6, 6.07) is 5.91. The van der Waals surface area contributed by atoms with E-state index in [9.17, 15) is 14.9 Å². The van der Waals surface area contributed by atoms with Crippen LogP contribution < -0.4 is 5.32 Å². The summed E-state index contributed by atoms with van der Waals surface area (Å²) in [5.41, 5.74) is 0.212. The molecule has 0 saturated carbocycles. The van der Waals surface area contributed by atoms with E-state index >= 15 is 0 Å². The van der Waals surface area contributed by atoms with Crippen molar-refractivity contribution in [3.63, 3.8) is 0 Å². The van der Waals surface area contributed by atoms with Gasteiger partial charge in [0.25, 0.3) is 5.69 Å². The van der Waals surface area contributed by atoms with E-state index in [0.29, 0.717) is 12.2 Å². The van der Waals surface area contributed by atoms with Crippen LogP contribution in [-0.4, -0.2) is 24.5 Å². The molecule has 1 N–H and O–H groups in total. The number of esters is 1. The van der Waals surface area contributed by atoms with Gasteiger partial charge < -0.3 is 10.1 Å². The Kier molecular flexibility index (Phi) is 4.63. The number of nitrogens with one attached hydrogen (secondary N) is 1. The number of nitro benzene ring substituents is 1. The number of carbonyl (C=O) groups is 1. The molecule has 0 spiro atoms. The summed E-state index contributed by atoms with van der Waals surface area (Å²) < 4.78 is 4.46. The van der Waals surface area contributed by atoms with Crippen LogP contribution in [0.15, 0.2) is 18.2 Å². The van der Waals surface area contributed by atoms with E-state index in [1.54, 1.807) is 12.1 Å². The Morgan fingerprint density at radius 3 is 2.89 bits per heavy atom. The number of benzene rings is 1. The normalized spacial score (nSPS) is 9.33. The average molecular weight is 249 g/mol. The van der Waals surface area contributed by atoms with Gasteiger partial charge in [0.2, 0.25) is 0 Å². The number of hydrogen-bond acceptors (Lipinski definition) is 6. The number of nitriles is 1. The zero-order valence-electron chi connectivity index (χ0n) is 9.67. The molecule has 0 radical (unpaired) electrons. The van der Waals surface area contributed by atoms with Gasteiger partial charge in [0.15, 0.2) is 0 Å². The summed E-state index contributed by atoms with van der Waals surface area (Å²) >= 11 is 0. The quantitative estimate of drug-likeness (QED) is 0.481. The first-order chi connectivity index (χ1) is 8.58. The van der Waals surface area contributed by atoms with Crippen LogP contribution >= 0.6 is 0 Å². The zero-order valence-corrected chi connectivity index (χ0v) is 9.67. The van der Waals surface area contributed by atoms with Gasteiger partial charge in [0.05, 0.1) is 18.5 Å². The maximum absolute atomic E-state index is 10.9. The predicted molar refractivity (Wildman–Crippen MR) is 62.9 cm³/mol. The van der Waals surface area contributed by atoms with Gasteiger partial charge in [-0.1, -0.05) is 0 Å². The zero-order chi connectivity index (χ0) is 13.5. The molecule has 7 nitrogen and oxygen atoms in total. The Labute approximate surface area is 103 Å². The lowest BCUT2D eigenvalue weighted by molar-refractivity contribution is -0.385. The lowest BCUT2D eigenvalue weighted by Gasteiger charge is -2.05. The highest BCUT2D eigenvalue weighted by molar-refractivity contribution is 5.70. The second-order valence-electron chi connectivity index (χ2n) is 3.35. The van der Waals surface area contributed by atoms with Gasteiger partial charge in [-0.25, -0.2) is 0 Å². The molecule has 0 fully saturated rings. The van der Waals surface area contributed by atoms with Gasteiger partial charge in [-0.2, -0.15) is 5.26 Å². The number of anilines is 1. The van der Waals surface area contributed by atoms with Crippen molar-refractivity contribution in [1.82, 2.24) is 0 Å². The number of nitrogens with zero attached hydrogens (tertiary/aromatic N) is 2. The summed E-state index contributed by atoms with van der Waals surface area (Å²) in [6.45, 7) is 0.301. The summed E-state index contributed by atoms with van der Waals surface area (Å²) in [5, 5.41) is 22.3. The third-order valence-electron chi connectivity index (χ3n) is 2.20. The highest BCUT2D eigenvalue weighted by atomic mass is 16.6. The fourth-order valence-electron chi connectivity index (χ4n) is 1.30. The number of nitro groups is 1. The molecule has 0 amide bonds. The molecule has 0 bridgehead atoms. The fourth-order valence-corrected chi connectivity index (χ4v) is 1.30. The van der Waals surface area contributed by atoms with Crippen molar-refractivity contribution in [2.24, 2.45) is 0 Å². The van der Waals surface area contributed by atoms with E-state index < -0.39 is 4.92 Å². The van der Waals surface area contributed by atoms with Crippen molar-refractivity contribution in [2.75, 3.05) is 19.0 Å². The van der Waals surface area contributed by atoms with E-state index in [-0.39, 0.29) is 23.6 Å². The van der Waals surface area contributed by atoms with Crippen LogP contribution in [-0.2, 0) is 9.53 Å². The van der Waals surface area contributed by atoms with Crippen molar-refractivity contribution in [2.45, 2.75) is 6.42 Å². The Morgan fingerprint density at radius 1 is 1.61 bits per heavy atom.